The molecule has 1 aliphatic carbocycles. The van der Waals surface area contributed by atoms with Crippen molar-refractivity contribution in [2.45, 2.75) is 36.0 Å². The van der Waals surface area contributed by atoms with Crippen molar-refractivity contribution >= 4 is 35.2 Å². The van der Waals surface area contributed by atoms with Gasteiger partial charge >= 0.3 is 0 Å². The van der Waals surface area contributed by atoms with Crippen molar-refractivity contribution < 1.29 is 9.59 Å². The highest BCUT2D eigenvalue weighted by atomic mass is 35.5. The molecule has 1 atom stereocenters. The molecule has 5 nitrogen and oxygen atoms in total. The first-order valence-electron chi connectivity index (χ1n) is 8.74. The van der Waals surface area contributed by atoms with Crippen molar-refractivity contribution in [3.63, 3.8) is 0 Å². The summed E-state index contributed by atoms with van der Waals surface area (Å²) in [6, 6.07) is 7.99. The minimum atomic E-state index is -0.176. The molecule has 1 heterocycles. The van der Waals surface area contributed by atoms with Gasteiger partial charge in [-0.1, -0.05) is 23.7 Å². The van der Waals surface area contributed by atoms with Crippen molar-refractivity contribution in [1.29, 1.82) is 0 Å². The number of hydrogen-bond acceptors (Lipinski definition) is 4. The van der Waals surface area contributed by atoms with Gasteiger partial charge in [0.05, 0.1) is 16.8 Å². The second-order valence-electron chi connectivity index (χ2n) is 6.63. The second kappa shape index (κ2) is 8.43. The Hall–Kier alpha value is -1.24. The molecule has 0 bridgehead atoms. The lowest BCUT2D eigenvalue weighted by Gasteiger charge is -2.35. The van der Waals surface area contributed by atoms with Gasteiger partial charge in [-0.15, -0.1) is 11.8 Å². The first kappa shape index (κ1) is 18.5. The molecule has 1 unspecified atom stereocenters. The highest BCUT2D eigenvalue weighted by Gasteiger charge is 2.28. The van der Waals surface area contributed by atoms with E-state index in [0.29, 0.717) is 30.7 Å². The van der Waals surface area contributed by atoms with Gasteiger partial charge in [-0.2, -0.15) is 0 Å². The van der Waals surface area contributed by atoms with Crippen LogP contribution >= 0.6 is 23.4 Å². The minimum absolute atomic E-state index is 0.102. The molecule has 1 saturated heterocycles. The minimum Gasteiger partial charge on any atom is -0.352 e. The zero-order valence-electron chi connectivity index (χ0n) is 14.4. The predicted molar refractivity (Wildman–Crippen MR) is 101 cm³/mol. The van der Waals surface area contributed by atoms with E-state index in [1.54, 1.807) is 0 Å². The van der Waals surface area contributed by atoms with Crippen LogP contribution in [0.4, 0.5) is 0 Å². The third kappa shape index (κ3) is 5.36. The number of carbonyl (C=O) groups excluding carboxylic acids is 2. The third-order valence-electron chi connectivity index (χ3n) is 4.48. The number of halogens is 1. The summed E-state index contributed by atoms with van der Waals surface area (Å²) in [5.74, 6) is 0.233. The first-order valence-corrected chi connectivity index (χ1v) is 10.0. The van der Waals surface area contributed by atoms with E-state index >= 15 is 0 Å². The van der Waals surface area contributed by atoms with Crippen LogP contribution in [0.25, 0.3) is 0 Å². The number of amides is 2. The van der Waals surface area contributed by atoms with Gasteiger partial charge in [0.1, 0.15) is 0 Å². The summed E-state index contributed by atoms with van der Waals surface area (Å²) < 4.78 is 0. The largest absolute Gasteiger partial charge is 0.352 e. The molecule has 25 heavy (non-hydrogen) atoms. The molecule has 3 rings (SSSR count). The maximum Gasteiger partial charge on any atom is 0.235 e. The molecule has 1 aromatic carbocycles. The number of thioether (sulfide) groups is 1. The van der Waals surface area contributed by atoms with Crippen LogP contribution < -0.4 is 5.32 Å². The highest BCUT2D eigenvalue weighted by Crippen LogP contribution is 2.30. The van der Waals surface area contributed by atoms with E-state index in [1.165, 1.54) is 11.8 Å². The van der Waals surface area contributed by atoms with Crippen LogP contribution in [0.2, 0.25) is 5.02 Å². The molecule has 7 heteroatoms. The molecular formula is C18H24ClN3O2S. The summed E-state index contributed by atoms with van der Waals surface area (Å²) >= 11 is 7.67. The van der Waals surface area contributed by atoms with Gasteiger partial charge in [0.25, 0.3) is 0 Å². The number of nitrogens with zero attached hydrogens (tertiary/aromatic N) is 2. The van der Waals surface area contributed by atoms with Gasteiger partial charge in [0.2, 0.25) is 11.8 Å². The van der Waals surface area contributed by atoms with Crippen molar-refractivity contribution in [3.8, 4) is 0 Å². The number of carbonyl (C=O) groups is 2. The molecule has 0 aromatic heterocycles. The average molecular weight is 382 g/mol. The fraction of sp³-hybridized carbons (Fsp3) is 0.556. The average Bonchev–Trinajstić information content (AvgIpc) is 3.40. The molecule has 0 radical (unpaired) electrons. The van der Waals surface area contributed by atoms with E-state index in [2.05, 4.69) is 10.2 Å². The van der Waals surface area contributed by atoms with E-state index in [-0.39, 0.29) is 17.1 Å². The second-order valence-corrected chi connectivity index (χ2v) is 8.42. The predicted octanol–water partition coefficient (Wildman–Crippen LogP) is 2.24. The van der Waals surface area contributed by atoms with E-state index < -0.39 is 0 Å². The van der Waals surface area contributed by atoms with Crippen molar-refractivity contribution in [2.75, 3.05) is 32.7 Å². The monoisotopic (exact) mass is 381 g/mol. The van der Waals surface area contributed by atoms with Crippen LogP contribution in [0.1, 0.15) is 19.8 Å². The lowest BCUT2D eigenvalue weighted by atomic mass is 10.3. The summed E-state index contributed by atoms with van der Waals surface area (Å²) in [6.07, 6.45) is 2.21. The summed E-state index contributed by atoms with van der Waals surface area (Å²) in [5.41, 5.74) is 0. The van der Waals surface area contributed by atoms with E-state index in [1.807, 2.05) is 36.1 Å². The van der Waals surface area contributed by atoms with Gasteiger partial charge in [-0.3, -0.25) is 14.5 Å². The third-order valence-corrected chi connectivity index (χ3v) is 6.09. The van der Waals surface area contributed by atoms with E-state index in [4.69, 9.17) is 11.6 Å². The lowest BCUT2D eigenvalue weighted by Crippen LogP contribution is -2.52. The van der Waals surface area contributed by atoms with E-state index in [9.17, 15) is 9.59 Å². The highest BCUT2D eigenvalue weighted by molar-refractivity contribution is 8.00. The standard InChI is InChI=1S/C18H24ClN3O2S/c1-13(25-16-5-3-2-4-15(16)19)18(24)22-10-8-21(9-11-22)12-17(23)20-14-6-7-14/h2-5,13-14H,6-12H2,1H3,(H,20,23). The Bertz CT molecular complexity index is 631. The molecular weight excluding hydrogens is 358 g/mol. The summed E-state index contributed by atoms with van der Waals surface area (Å²) in [7, 11) is 0. The maximum atomic E-state index is 12.7. The quantitative estimate of drug-likeness (QED) is 0.768. The molecule has 136 valence electrons. The van der Waals surface area contributed by atoms with E-state index in [0.717, 1.165) is 30.8 Å². The molecule has 1 aliphatic heterocycles. The van der Waals surface area contributed by atoms with Crippen LogP contribution in [0.3, 0.4) is 0 Å². The van der Waals surface area contributed by atoms with Crippen LogP contribution in [0, 0.1) is 0 Å². The zero-order valence-corrected chi connectivity index (χ0v) is 16.0. The normalized spacial score (nSPS) is 19.5. The number of rotatable bonds is 6. The van der Waals surface area contributed by atoms with Crippen LogP contribution in [-0.2, 0) is 9.59 Å². The van der Waals surface area contributed by atoms with Crippen LogP contribution in [-0.4, -0.2) is 65.6 Å². The number of nitrogens with one attached hydrogen (secondary N) is 1. The maximum absolute atomic E-state index is 12.7. The Balaban J connectivity index is 1.44. The van der Waals surface area contributed by atoms with Gasteiger partial charge in [-0.05, 0) is 31.9 Å². The SMILES string of the molecule is CC(Sc1ccccc1Cl)C(=O)N1CCN(CC(=O)NC2CC2)CC1. The molecule has 1 N–H and O–H groups in total. The fourth-order valence-corrected chi connectivity index (χ4v) is 4.11. The van der Waals surface area contributed by atoms with Gasteiger partial charge in [-0.25, -0.2) is 0 Å². The zero-order chi connectivity index (χ0) is 17.8. The first-order chi connectivity index (χ1) is 12.0. The number of hydrogen-bond donors (Lipinski definition) is 1. The van der Waals surface area contributed by atoms with Gasteiger partial charge in [0.15, 0.2) is 0 Å². The Morgan fingerprint density at radius 1 is 1.24 bits per heavy atom. The molecule has 1 aromatic rings. The van der Waals surface area contributed by atoms with Crippen LogP contribution in [0.5, 0.6) is 0 Å². The molecule has 0 spiro atoms. The molecule has 2 aliphatic rings. The Morgan fingerprint density at radius 3 is 2.56 bits per heavy atom. The smallest absolute Gasteiger partial charge is 0.235 e. The van der Waals surface area contributed by atoms with Gasteiger partial charge in [0, 0.05) is 37.1 Å². The van der Waals surface area contributed by atoms with Gasteiger partial charge < -0.3 is 10.2 Å². The topological polar surface area (TPSA) is 52.7 Å². The van der Waals surface area contributed by atoms with Crippen molar-refractivity contribution in [1.82, 2.24) is 15.1 Å². The lowest BCUT2D eigenvalue weighted by molar-refractivity contribution is -0.132. The summed E-state index contributed by atoms with van der Waals surface area (Å²) in [6.45, 7) is 5.18. The van der Waals surface area contributed by atoms with Crippen LogP contribution in [0.15, 0.2) is 29.2 Å². The molecule has 2 amide bonds. The summed E-state index contributed by atoms with van der Waals surface area (Å²) in [5, 5.41) is 3.51. The number of piperazine rings is 1. The molecule has 2 fully saturated rings. The van der Waals surface area contributed by atoms with Crippen molar-refractivity contribution in [3.05, 3.63) is 29.3 Å². The Morgan fingerprint density at radius 2 is 1.92 bits per heavy atom. The summed E-state index contributed by atoms with van der Waals surface area (Å²) in [4.78, 5) is 29.5. The number of benzene rings is 1. The molecule has 1 saturated carbocycles. The Labute approximate surface area is 158 Å². The Kier molecular flexibility index (Phi) is 6.25. The van der Waals surface area contributed by atoms with Crippen molar-refractivity contribution in [2.24, 2.45) is 0 Å². The fourth-order valence-electron chi connectivity index (χ4n) is 2.87.